The number of nitrogens with zero attached hydrogens (tertiary/aromatic N) is 2. The highest BCUT2D eigenvalue weighted by atomic mass is 32.2. The Labute approximate surface area is 118 Å². The van der Waals surface area contributed by atoms with Crippen LogP contribution in [0.1, 0.15) is 11.1 Å². The highest BCUT2D eigenvalue weighted by Gasteiger charge is 2.23. The molecule has 1 saturated heterocycles. The van der Waals surface area contributed by atoms with Gasteiger partial charge in [-0.1, -0.05) is 11.2 Å². The molecule has 2 N–H and O–H groups in total. The van der Waals surface area contributed by atoms with Crippen LogP contribution in [-0.2, 0) is 0 Å². The van der Waals surface area contributed by atoms with Crippen LogP contribution in [-0.4, -0.2) is 27.4 Å². The molecule has 1 aromatic carbocycles. The molecule has 2 aromatic rings. The largest absolute Gasteiger partial charge is 0.396 e. The molecule has 1 fully saturated rings. The smallest absolute Gasteiger partial charge is 0.260 e. The van der Waals surface area contributed by atoms with Crippen LogP contribution in [0.2, 0.25) is 0 Å². The van der Waals surface area contributed by atoms with Crippen LogP contribution in [0.4, 0.5) is 10.1 Å². The van der Waals surface area contributed by atoms with Gasteiger partial charge in [0.15, 0.2) is 5.82 Å². The standard InChI is InChI=1S/C12H12FN3OS2/c13-8-3-1-2-7(10(8)14)12-15-11(16-17-12)9-6-18-4-5-19-9/h1-3,9H,4-6,14H2. The van der Waals surface area contributed by atoms with Gasteiger partial charge in [-0.15, -0.1) is 11.8 Å². The number of nitrogens with two attached hydrogens (primary N) is 1. The summed E-state index contributed by atoms with van der Waals surface area (Å²) < 4.78 is 18.6. The lowest BCUT2D eigenvalue weighted by Gasteiger charge is -2.16. The zero-order chi connectivity index (χ0) is 13.2. The number of nitrogen functional groups attached to an aromatic ring is 1. The number of thioether (sulfide) groups is 2. The SMILES string of the molecule is Nc1c(F)cccc1-c1nc(C2CSCCS2)no1. The van der Waals surface area contributed by atoms with Gasteiger partial charge in [-0.3, -0.25) is 0 Å². The molecule has 7 heteroatoms. The number of benzene rings is 1. The van der Waals surface area contributed by atoms with Crippen LogP contribution in [0, 0.1) is 5.82 Å². The predicted molar refractivity (Wildman–Crippen MR) is 76.6 cm³/mol. The minimum absolute atomic E-state index is 0.0448. The number of rotatable bonds is 2. The van der Waals surface area contributed by atoms with Gasteiger partial charge in [0.1, 0.15) is 5.82 Å². The van der Waals surface area contributed by atoms with Crippen molar-refractivity contribution in [2.24, 2.45) is 0 Å². The summed E-state index contributed by atoms with van der Waals surface area (Å²) in [4.78, 5) is 4.35. The normalized spacial score (nSPS) is 19.5. The zero-order valence-corrected chi connectivity index (χ0v) is 11.6. The average molecular weight is 297 g/mol. The third-order valence-corrected chi connectivity index (χ3v) is 5.58. The Morgan fingerprint density at radius 2 is 2.26 bits per heavy atom. The first-order valence-corrected chi connectivity index (χ1v) is 8.03. The number of anilines is 1. The molecule has 2 heterocycles. The Bertz CT molecular complexity index is 584. The number of hydrogen-bond acceptors (Lipinski definition) is 6. The fourth-order valence-electron chi connectivity index (χ4n) is 1.84. The molecular formula is C12H12FN3OS2. The van der Waals surface area contributed by atoms with Crippen LogP contribution in [0.25, 0.3) is 11.5 Å². The summed E-state index contributed by atoms with van der Waals surface area (Å²) in [5.74, 6) is 3.69. The second-order valence-electron chi connectivity index (χ2n) is 4.09. The molecule has 0 radical (unpaired) electrons. The maximum atomic E-state index is 13.4. The molecule has 0 aliphatic carbocycles. The van der Waals surface area contributed by atoms with Gasteiger partial charge in [-0.05, 0) is 12.1 Å². The van der Waals surface area contributed by atoms with E-state index in [1.807, 2.05) is 23.5 Å². The van der Waals surface area contributed by atoms with Crippen molar-refractivity contribution in [2.75, 3.05) is 23.0 Å². The van der Waals surface area contributed by atoms with Gasteiger partial charge in [0.05, 0.1) is 16.5 Å². The average Bonchev–Trinajstić information content (AvgIpc) is 2.92. The first kappa shape index (κ1) is 12.8. The zero-order valence-electron chi connectivity index (χ0n) is 10.0. The summed E-state index contributed by atoms with van der Waals surface area (Å²) in [5, 5.41) is 4.23. The Morgan fingerprint density at radius 1 is 1.37 bits per heavy atom. The van der Waals surface area contributed by atoms with Crippen LogP contribution in [0.15, 0.2) is 22.7 Å². The fraction of sp³-hybridized carbons (Fsp3) is 0.333. The molecule has 100 valence electrons. The van der Waals surface area contributed by atoms with Crippen molar-refractivity contribution >= 4 is 29.2 Å². The van der Waals surface area contributed by atoms with Crippen LogP contribution in [0.3, 0.4) is 0 Å². The Kier molecular flexibility index (Phi) is 3.65. The number of para-hydroxylation sites is 1. The fourth-order valence-corrected chi connectivity index (χ4v) is 4.42. The second kappa shape index (κ2) is 5.42. The van der Waals surface area contributed by atoms with Gasteiger partial charge in [0, 0.05) is 17.3 Å². The third kappa shape index (κ3) is 2.57. The maximum Gasteiger partial charge on any atom is 0.260 e. The van der Waals surface area contributed by atoms with Crippen molar-refractivity contribution in [1.29, 1.82) is 0 Å². The lowest BCUT2D eigenvalue weighted by molar-refractivity contribution is 0.423. The van der Waals surface area contributed by atoms with Gasteiger partial charge >= 0.3 is 0 Å². The molecule has 0 amide bonds. The van der Waals surface area contributed by atoms with Crippen molar-refractivity contribution in [1.82, 2.24) is 10.1 Å². The molecule has 0 spiro atoms. The van der Waals surface area contributed by atoms with Gasteiger partial charge < -0.3 is 10.3 Å². The molecule has 4 nitrogen and oxygen atoms in total. The monoisotopic (exact) mass is 297 g/mol. The molecule has 0 saturated carbocycles. The lowest BCUT2D eigenvalue weighted by atomic mass is 10.2. The summed E-state index contributed by atoms with van der Waals surface area (Å²) in [5.41, 5.74) is 6.19. The molecule has 1 unspecified atom stereocenters. The summed E-state index contributed by atoms with van der Waals surface area (Å²) in [6, 6.07) is 4.57. The van der Waals surface area contributed by atoms with Gasteiger partial charge in [-0.25, -0.2) is 4.39 Å². The summed E-state index contributed by atoms with van der Waals surface area (Å²) in [6.07, 6.45) is 0. The van der Waals surface area contributed by atoms with E-state index in [1.54, 1.807) is 12.1 Å². The predicted octanol–water partition coefficient (Wildman–Crippen LogP) is 2.98. The van der Waals surface area contributed by atoms with Crippen molar-refractivity contribution in [2.45, 2.75) is 5.25 Å². The van der Waals surface area contributed by atoms with E-state index in [0.29, 0.717) is 11.4 Å². The molecule has 1 aliphatic heterocycles. The van der Waals surface area contributed by atoms with E-state index in [1.165, 1.54) is 6.07 Å². The maximum absolute atomic E-state index is 13.4. The van der Waals surface area contributed by atoms with E-state index in [2.05, 4.69) is 10.1 Å². The Balaban J connectivity index is 1.90. The van der Waals surface area contributed by atoms with E-state index in [4.69, 9.17) is 10.3 Å². The van der Waals surface area contributed by atoms with E-state index in [-0.39, 0.29) is 16.8 Å². The molecule has 19 heavy (non-hydrogen) atoms. The van der Waals surface area contributed by atoms with Crippen molar-refractivity contribution in [3.05, 3.63) is 29.8 Å². The minimum Gasteiger partial charge on any atom is -0.396 e. The summed E-state index contributed by atoms with van der Waals surface area (Å²) in [7, 11) is 0. The number of halogens is 1. The van der Waals surface area contributed by atoms with Gasteiger partial charge in [-0.2, -0.15) is 16.7 Å². The minimum atomic E-state index is -0.472. The molecule has 1 atom stereocenters. The Morgan fingerprint density at radius 3 is 3.05 bits per heavy atom. The van der Waals surface area contributed by atoms with Crippen LogP contribution in [0.5, 0.6) is 0 Å². The van der Waals surface area contributed by atoms with E-state index < -0.39 is 5.82 Å². The lowest BCUT2D eigenvalue weighted by Crippen LogP contribution is -2.07. The van der Waals surface area contributed by atoms with Crippen LogP contribution < -0.4 is 5.73 Å². The highest BCUT2D eigenvalue weighted by molar-refractivity contribution is 8.06. The molecule has 1 aliphatic rings. The van der Waals surface area contributed by atoms with E-state index >= 15 is 0 Å². The van der Waals surface area contributed by atoms with Crippen LogP contribution >= 0.6 is 23.5 Å². The first-order chi connectivity index (χ1) is 9.25. The Hall–Kier alpha value is -1.21. The molecule has 0 bridgehead atoms. The second-order valence-corrected chi connectivity index (χ2v) is 6.55. The molecular weight excluding hydrogens is 285 g/mol. The van der Waals surface area contributed by atoms with E-state index in [9.17, 15) is 4.39 Å². The number of hydrogen-bond donors (Lipinski definition) is 1. The quantitative estimate of drug-likeness (QED) is 0.860. The highest BCUT2D eigenvalue weighted by Crippen LogP contribution is 2.36. The van der Waals surface area contributed by atoms with Gasteiger partial charge in [0.2, 0.25) is 0 Å². The topological polar surface area (TPSA) is 64.9 Å². The third-order valence-electron chi connectivity index (χ3n) is 2.83. The summed E-state index contributed by atoms with van der Waals surface area (Å²) in [6.45, 7) is 0. The van der Waals surface area contributed by atoms with Crippen molar-refractivity contribution in [3.63, 3.8) is 0 Å². The molecule has 1 aromatic heterocycles. The van der Waals surface area contributed by atoms with Crippen molar-refractivity contribution in [3.8, 4) is 11.5 Å². The summed E-state index contributed by atoms with van der Waals surface area (Å²) >= 11 is 3.70. The first-order valence-electron chi connectivity index (χ1n) is 5.83. The van der Waals surface area contributed by atoms with Gasteiger partial charge in [0.25, 0.3) is 5.89 Å². The van der Waals surface area contributed by atoms with Crippen molar-refractivity contribution < 1.29 is 8.91 Å². The number of aromatic nitrogens is 2. The molecule has 3 rings (SSSR count). The van der Waals surface area contributed by atoms with E-state index in [0.717, 1.165) is 17.3 Å².